The molecule has 0 atom stereocenters. The van der Waals surface area contributed by atoms with Gasteiger partial charge in [-0.2, -0.15) is 0 Å². The molecule has 0 bridgehead atoms. The van der Waals surface area contributed by atoms with Gasteiger partial charge in [0.05, 0.1) is 0 Å². The summed E-state index contributed by atoms with van der Waals surface area (Å²) in [6.07, 6.45) is 23.4. The zero-order valence-corrected chi connectivity index (χ0v) is 16.2. The molecular weight excluding hydrogens is 296 g/mol. The van der Waals surface area contributed by atoms with E-state index in [0.29, 0.717) is 0 Å². The van der Waals surface area contributed by atoms with E-state index in [1.165, 1.54) is 103 Å². The summed E-state index contributed by atoms with van der Waals surface area (Å²) < 4.78 is 17.0. The Kier molecular flexibility index (Phi) is 28.4. The predicted octanol–water partition coefficient (Wildman–Crippen LogP) is 7.03. The Hall–Kier alpha value is 0.314. The monoisotopic (exact) mass is 334 g/mol. The summed E-state index contributed by atoms with van der Waals surface area (Å²) in [6.45, 7) is 4.59. The molecule has 2 nitrogen and oxygen atoms in total. The van der Waals surface area contributed by atoms with Gasteiger partial charge >= 0.3 is 25.7 Å². The van der Waals surface area contributed by atoms with E-state index in [0.717, 1.165) is 0 Å². The summed E-state index contributed by atoms with van der Waals surface area (Å²) in [6, 6.07) is 0. The van der Waals surface area contributed by atoms with Crippen molar-refractivity contribution in [3.8, 4) is 0 Å². The minimum atomic E-state index is -2.00. The molecule has 0 aliphatic carbocycles. The third-order valence-corrected chi connectivity index (χ3v) is 3.96. The molecule has 0 aliphatic heterocycles. The minimum absolute atomic E-state index is 1.37. The van der Waals surface area contributed by atoms with Crippen molar-refractivity contribution in [1.82, 2.24) is 0 Å². The summed E-state index contributed by atoms with van der Waals surface area (Å²) in [7, 11) is 0. The molecular formula is C18H38O2Ti. The molecule has 3 heteroatoms. The SMILES string of the molecule is CCCCCCCCCCCCCCCCCC.[O]=[Ti]=[O]. The molecule has 0 aromatic carbocycles. The van der Waals surface area contributed by atoms with Gasteiger partial charge in [-0.3, -0.25) is 0 Å². The fourth-order valence-corrected chi connectivity index (χ4v) is 2.62. The maximum atomic E-state index is 8.50. The van der Waals surface area contributed by atoms with Gasteiger partial charge in [-0.25, -0.2) is 0 Å². The first-order chi connectivity index (χ1) is 10.3. The molecule has 0 unspecified atom stereocenters. The quantitative estimate of drug-likeness (QED) is 0.238. The van der Waals surface area contributed by atoms with Gasteiger partial charge in [0.2, 0.25) is 0 Å². The van der Waals surface area contributed by atoms with Crippen molar-refractivity contribution in [1.29, 1.82) is 0 Å². The molecule has 0 heterocycles. The van der Waals surface area contributed by atoms with Crippen LogP contribution in [0.15, 0.2) is 0 Å². The number of hydrogen-bond acceptors (Lipinski definition) is 2. The van der Waals surface area contributed by atoms with Crippen LogP contribution in [-0.4, -0.2) is 0 Å². The van der Waals surface area contributed by atoms with Gasteiger partial charge in [-0.15, -0.1) is 0 Å². The number of hydrogen-bond donors (Lipinski definition) is 0. The average Bonchev–Trinajstić information content (AvgIpc) is 2.48. The molecule has 0 aromatic heterocycles. The first-order valence-corrected chi connectivity index (χ1v) is 10.6. The van der Waals surface area contributed by atoms with E-state index in [2.05, 4.69) is 13.8 Å². The molecule has 0 aromatic rings. The Morgan fingerprint density at radius 2 is 0.571 bits per heavy atom. The van der Waals surface area contributed by atoms with Crippen LogP contribution in [0.1, 0.15) is 117 Å². The summed E-state index contributed by atoms with van der Waals surface area (Å²) in [5, 5.41) is 0. The van der Waals surface area contributed by atoms with Gasteiger partial charge in [0, 0.05) is 0 Å². The van der Waals surface area contributed by atoms with E-state index in [1.54, 1.807) is 0 Å². The Balaban J connectivity index is 0. The molecule has 0 spiro atoms. The third kappa shape index (κ3) is 29.1. The molecule has 0 N–H and O–H groups in total. The molecule has 0 saturated heterocycles. The summed E-state index contributed by atoms with van der Waals surface area (Å²) >= 11 is -2.00. The molecule has 0 fully saturated rings. The van der Waals surface area contributed by atoms with Crippen molar-refractivity contribution in [2.24, 2.45) is 0 Å². The second kappa shape index (κ2) is 25.3. The maximum absolute atomic E-state index is 8.50. The molecule has 0 rings (SSSR count). The zero-order chi connectivity index (χ0) is 16.0. The second-order valence-corrected chi connectivity index (χ2v) is 6.29. The van der Waals surface area contributed by atoms with Gasteiger partial charge < -0.3 is 0 Å². The standard InChI is InChI=1S/C18H38.2O.Ti/c1-3-5-7-9-11-13-15-17-18-16-14-12-10-8-6-4-2;;;/h3-18H2,1-2H3;;;. The van der Waals surface area contributed by atoms with Crippen LogP contribution in [0, 0.1) is 0 Å². The van der Waals surface area contributed by atoms with Crippen LogP contribution < -0.4 is 0 Å². The fourth-order valence-electron chi connectivity index (χ4n) is 2.62. The fraction of sp³-hybridized carbons (Fsp3) is 1.00. The molecule has 126 valence electrons. The van der Waals surface area contributed by atoms with Crippen molar-refractivity contribution >= 4 is 0 Å². The van der Waals surface area contributed by atoms with Crippen molar-refractivity contribution in [2.45, 2.75) is 117 Å². The molecule has 0 saturated carbocycles. The van der Waals surface area contributed by atoms with E-state index >= 15 is 0 Å². The zero-order valence-electron chi connectivity index (χ0n) is 14.6. The van der Waals surface area contributed by atoms with Crippen LogP contribution in [0.5, 0.6) is 0 Å². The van der Waals surface area contributed by atoms with Crippen LogP contribution in [0.2, 0.25) is 0 Å². The Morgan fingerprint density at radius 1 is 0.429 bits per heavy atom. The summed E-state index contributed by atoms with van der Waals surface area (Å²) in [5.74, 6) is 0. The van der Waals surface area contributed by atoms with E-state index in [4.69, 9.17) is 6.65 Å². The van der Waals surface area contributed by atoms with Gasteiger partial charge in [0.1, 0.15) is 0 Å². The van der Waals surface area contributed by atoms with Crippen LogP contribution in [0.25, 0.3) is 0 Å². The number of rotatable bonds is 15. The van der Waals surface area contributed by atoms with Gasteiger partial charge in [-0.1, -0.05) is 117 Å². The van der Waals surface area contributed by atoms with Gasteiger partial charge in [0.25, 0.3) is 0 Å². The number of unbranched alkanes of at least 4 members (excludes halogenated alkanes) is 15. The topological polar surface area (TPSA) is 34.1 Å². The normalized spacial score (nSPS) is 9.81. The second-order valence-electron chi connectivity index (χ2n) is 6.03. The van der Waals surface area contributed by atoms with E-state index in [-0.39, 0.29) is 0 Å². The molecule has 0 radical (unpaired) electrons. The average molecular weight is 334 g/mol. The first kappa shape index (κ1) is 23.6. The van der Waals surface area contributed by atoms with Gasteiger partial charge in [-0.05, 0) is 0 Å². The molecule has 21 heavy (non-hydrogen) atoms. The van der Waals surface area contributed by atoms with Gasteiger partial charge in [0.15, 0.2) is 0 Å². The molecule has 0 aliphatic rings. The first-order valence-electron chi connectivity index (χ1n) is 9.32. The van der Waals surface area contributed by atoms with Crippen LogP contribution >= 0.6 is 0 Å². The third-order valence-electron chi connectivity index (χ3n) is 3.96. The van der Waals surface area contributed by atoms with Crippen LogP contribution in [0.3, 0.4) is 0 Å². The Labute approximate surface area is 142 Å². The summed E-state index contributed by atoms with van der Waals surface area (Å²) in [5.41, 5.74) is 0. The summed E-state index contributed by atoms with van der Waals surface area (Å²) in [4.78, 5) is 0. The predicted molar refractivity (Wildman–Crippen MR) is 86.6 cm³/mol. The molecule has 0 amide bonds. The van der Waals surface area contributed by atoms with E-state index in [1.807, 2.05) is 0 Å². The van der Waals surface area contributed by atoms with Crippen LogP contribution in [-0.2, 0) is 25.7 Å². The van der Waals surface area contributed by atoms with Crippen molar-refractivity contribution in [3.63, 3.8) is 0 Å². The van der Waals surface area contributed by atoms with Crippen LogP contribution in [0.4, 0.5) is 0 Å². The van der Waals surface area contributed by atoms with E-state index in [9.17, 15) is 0 Å². The Morgan fingerprint density at radius 3 is 0.714 bits per heavy atom. The van der Waals surface area contributed by atoms with E-state index < -0.39 is 19.1 Å². The Bertz CT molecular complexity index is 185. The van der Waals surface area contributed by atoms with Crippen molar-refractivity contribution in [3.05, 3.63) is 0 Å². The van der Waals surface area contributed by atoms with Crippen molar-refractivity contribution in [2.75, 3.05) is 0 Å². The van der Waals surface area contributed by atoms with Crippen molar-refractivity contribution < 1.29 is 25.7 Å².